The SMILES string of the molecule is CCOC(=O)C(/C(N)=N\N=C\c1ccc(SC)cc1)=C(\O)OCC. The Morgan fingerprint density at radius 1 is 1.25 bits per heavy atom. The Kier molecular flexibility index (Phi) is 8.42. The maximum Gasteiger partial charge on any atom is 0.349 e. The number of benzene rings is 1. The summed E-state index contributed by atoms with van der Waals surface area (Å²) >= 11 is 1.63. The van der Waals surface area contributed by atoms with Gasteiger partial charge in [0.25, 0.3) is 5.95 Å². The molecule has 0 unspecified atom stereocenters. The maximum absolute atomic E-state index is 11.9. The first-order valence-electron chi connectivity index (χ1n) is 7.27. The molecule has 1 aromatic rings. The van der Waals surface area contributed by atoms with Gasteiger partial charge in [-0.05, 0) is 37.8 Å². The van der Waals surface area contributed by atoms with Crippen LogP contribution >= 0.6 is 11.8 Å². The van der Waals surface area contributed by atoms with Crippen molar-refractivity contribution in [3.05, 3.63) is 41.3 Å². The number of rotatable bonds is 8. The Morgan fingerprint density at radius 3 is 2.42 bits per heavy atom. The zero-order chi connectivity index (χ0) is 17.9. The summed E-state index contributed by atoms with van der Waals surface area (Å²) in [5.74, 6) is -1.77. The third kappa shape index (κ3) is 5.96. The number of hydrogen-bond donors (Lipinski definition) is 2. The van der Waals surface area contributed by atoms with Gasteiger partial charge in [-0.25, -0.2) is 4.79 Å². The van der Waals surface area contributed by atoms with Crippen LogP contribution < -0.4 is 5.73 Å². The number of nitrogens with zero attached hydrogens (tertiary/aromatic N) is 2. The summed E-state index contributed by atoms with van der Waals surface area (Å²) < 4.78 is 9.73. The van der Waals surface area contributed by atoms with Gasteiger partial charge in [0, 0.05) is 4.90 Å². The van der Waals surface area contributed by atoms with Crippen molar-refractivity contribution in [3.8, 4) is 0 Å². The number of nitrogens with two attached hydrogens (primary N) is 1. The van der Waals surface area contributed by atoms with Crippen molar-refractivity contribution in [3.63, 3.8) is 0 Å². The number of amidine groups is 1. The van der Waals surface area contributed by atoms with Crippen molar-refractivity contribution in [2.75, 3.05) is 19.5 Å². The fraction of sp³-hybridized carbons (Fsp3) is 0.312. The Labute approximate surface area is 145 Å². The minimum absolute atomic E-state index is 0.125. The maximum atomic E-state index is 11.9. The van der Waals surface area contributed by atoms with Crippen LogP contribution in [0.15, 0.2) is 50.9 Å². The quantitative estimate of drug-likeness (QED) is 0.142. The second-order valence-corrected chi connectivity index (χ2v) is 5.22. The van der Waals surface area contributed by atoms with Crippen LogP contribution in [-0.4, -0.2) is 42.6 Å². The minimum Gasteiger partial charge on any atom is -0.480 e. The number of ether oxygens (including phenoxy) is 2. The topological polar surface area (TPSA) is 107 Å². The molecule has 7 nitrogen and oxygen atoms in total. The first-order valence-corrected chi connectivity index (χ1v) is 8.50. The highest BCUT2D eigenvalue weighted by Crippen LogP contribution is 2.14. The molecular weight excluding hydrogens is 330 g/mol. The molecule has 0 aliphatic heterocycles. The van der Waals surface area contributed by atoms with Crippen molar-refractivity contribution in [2.24, 2.45) is 15.9 Å². The fourth-order valence-electron chi connectivity index (χ4n) is 1.61. The number of aliphatic hydroxyl groups is 1. The number of esters is 1. The van der Waals surface area contributed by atoms with Crippen molar-refractivity contribution < 1.29 is 19.4 Å². The largest absolute Gasteiger partial charge is 0.480 e. The van der Waals surface area contributed by atoms with E-state index in [4.69, 9.17) is 15.2 Å². The third-order valence-electron chi connectivity index (χ3n) is 2.72. The van der Waals surface area contributed by atoms with E-state index in [1.54, 1.807) is 25.6 Å². The summed E-state index contributed by atoms with van der Waals surface area (Å²) in [6.45, 7) is 3.58. The Morgan fingerprint density at radius 2 is 1.88 bits per heavy atom. The molecule has 0 aliphatic rings. The second-order valence-electron chi connectivity index (χ2n) is 4.34. The van der Waals surface area contributed by atoms with Gasteiger partial charge in [-0.15, -0.1) is 16.9 Å². The molecular formula is C16H21N3O4S. The van der Waals surface area contributed by atoms with Crippen molar-refractivity contribution in [1.82, 2.24) is 0 Å². The van der Waals surface area contributed by atoms with Crippen molar-refractivity contribution >= 4 is 29.8 Å². The van der Waals surface area contributed by atoms with E-state index in [1.165, 1.54) is 6.21 Å². The standard InChI is InChI=1S/C16H21N3O4S/c1-4-22-15(20)13(16(21)23-5-2)14(17)19-18-10-11-6-8-12(24-3)9-7-11/h6-10,20H,4-5H2,1-3H3,(H2,17,19)/b15-13+,18-10+. The van der Waals surface area contributed by atoms with Gasteiger partial charge < -0.3 is 20.3 Å². The molecule has 24 heavy (non-hydrogen) atoms. The van der Waals surface area contributed by atoms with Gasteiger partial charge >= 0.3 is 5.97 Å². The molecule has 0 heterocycles. The molecule has 0 aliphatic carbocycles. The zero-order valence-corrected chi connectivity index (χ0v) is 14.7. The fourth-order valence-corrected chi connectivity index (χ4v) is 2.02. The molecule has 0 bridgehead atoms. The van der Waals surface area contributed by atoms with Crippen LogP contribution in [0.5, 0.6) is 0 Å². The molecule has 8 heteroatoms. The predicted octanol–water partition coefficient (Wildman–Crippen LogP) is 2.47. The lowest BCUT2D eigenvalue weighted by Crippen LogP contribution is -2.25. The van der Waals surface area contributed by atoms with E-state index in [9.17, 15) is 9.90 Å². The number of carbonyl (C=O) groups excluding carboxylic acids is 1. The predicted molar refractivity (Wildman–Crippen MR) is 95.4 cm³/mol. The molecule has 0 amide bonds. The molecule has 0 spiro atoms. The number of aliphatic hydroxyl groups excluding tert-OH is 1. The molecule has 0 saturated heterocycles. The van der Waals surface area contributed by atoms with Crippen molar-refractivity contribution in [2.45, 2.75) is 18.7 Å². The molecule has 0 saturated carbocycles. The van der Waals surface area contributed by atoms with Crippen LogP contribution in [0.2, 0.25) is 0 Å². The lowest BCUT2D eigenvalue weighted by Gasteiger charge is -2.08. The summed E-state index contributed by atoms with van der Waals surface area (Å²) in [5, 5.41) is 17.3. The highest BCUT2D eigenvalue weighted by atomic mass is 32.2. The van der Waals surface area contributed by atoms with Crippen LogP contribution in [0.3, 0.4) is 0 Å². The number of carbonyl (C=O) groups is 1. The van der Waals surface area contributed by atoms with E-state index >= 15 is 0 Å². The van der Waals surface area contributed by atoms with E-state index in [2.05, 4.69) is 10.2 Å². The highest BCUT2D eigenvalue weighted by Gasteiger charge is 2.22. The van der Waals surface area contributed by atoms with E-state index in [0.29, 0.717) is 0 Å². The Bertz CT molecular complexity index is 639. The van der Waals surface area contributed by atoms with Crippen LogP contribution in [0.1, 0.15) is 19.4 Å². The summed E-state index contributed by atoms with van der Waals surface area (Å²) in [6, 6.07) is 7.65. The average molecular weight is 351 g/mol. The molecule has 3 N–H and O–H groups in total. The van der Waals surface area contributed by atoms with Gasteiger partial charge in [-0.2, -0.15) is 5.10 Å². The Balaban J connectivity index is 2.97. The van der Waals surface area contributed by atoms with E-state index in [-0.39, 0.29) is 24.6 Å². The van der Waals surface area contributed by atoms with Gasteiger partial charge in [0.1, 0.15) is 0 Å². The van der Waals surface area contributed by atoms with Gasteiger partial charge in [-0.1, -0.05) is 12.1 Å². The first kappa shape index (κ1) is 19.6. The van der Waals surface area contributed by atoms with Crippen LogP contribution in [0, 0.1) is 0 Å². The average Bonchev–Trinajstić information content (AvgIpc) is 2.56. The smallest absolute Gasteiger partial charge is 0.349 e. The monoisotopic (exact) mass is 351 g/mol. The molecule has 0 atom stereocenters. The Hall–Kier alpha value is -2.48. The second kappa shape index (κ2) is 10.3. The zero-order valence-electron chi connectivity index (χ0n) is 13.9. The summed E-state index contributed by atoms with van der Waals surface area (Å²) in [7, 11) is 0. The van der Waals surface area contributed by atoms with E-state index < -0.39 is 11.9 Å². The van der Waals surface area contributed by atoms with Crippen LogP contribution in [0.25, 0.3) is 0 Å². The normalized spacial score (nSPS) is 12.9. The third-order valence-corrected chi connectivity index (χ3v) is 3.46. The lowest BCUT2D eigenvalue weighted by atomic mass is 10.2. The highest BCUT2D eigenvalue weighted by molar-refractivity contribution is 7.98. The van der Waals surface area contributed by atoms with Crippen LogP contribution in [0.4, 0.5) is 0 Å². The van der Waals surface area contributed by atoms with Gasteiger partial charge in [0.2, 0.25) is 0 Å². The van der Waals surface area contributed by atoms with Gasteiger partial charge in [0.15, 0.2) is 11.4 Å². The molecule has 0 aromatic heterocycles. The first-order chi connectivity index (χ1) is 11.5. The summed E-state index contributed by atoms with van der Waals surface area (Å²) in [5.41, 5.74) is 6.19. The van der Waals surface area contributed by atoms with Gasteiger partial charge in [0.05, 0.1) is 19.4 Å². The molecule has 1 rings (SSSR count). The van der Waals surface area contributed by atoms with Gasteiger partial charge in [-0.3, -0.25) is 0 Å². The minimum atomic E-state index is -0.829. The molecule has 130 valence electrons. The van der Waals surface area contributed by atoms with E-state index in [1.807, 2.05) is 30.5 Å². The molecule has 0 radical (unpaired) electrons. The molecule has 1 aromatic carbocycles. The van der Waals surface area contributed by atoms with Crippen molar-refractivity contribution in [1.29, 1.82) is 0 Å². The summed E-state index contributed by atoms with van der Waals surface area (Å²) in [4.78, 5) is 13.0. The number of thioether (sulfide) groups is 1. The molecule has 0 fully saturated rings. The van der Waals surface area contributed by atoms with E-state index in [0.717, 1.165) is 10.5 Å². The summed E-state index contributed by atoms with van der Waals surface area (Å²) in [6.07, 6.45) is 3.47. The lowest BCUT2D eigenvalue weighted by molar-refractivity contribution is -0.138. The van der Waals surface area contributed by atoms with Crippen LogP contribution in [-0.2, 0) is 14.3 Å². The number of hydrogen-bond acceptors (Lipinski definition) is 7.